The maximum atomic E-state index is 12.3. The second-order valence-electron chi connectivity index (χ2n) is 7.08. The number of anilines is 3. The quantitative estimate of drug-likeness (QED) is 0.168. The van der Waals surface area contributed by atoms with Gasteiger partial charge in [-0.05, 0) is 36.4 Å². The van der Waals surface area contributed by atoms with Crippen molar-refractivity contribution in [3.8, 4) is 0 Å². The zero-order chi connectivity index (χ0) is 24.1. The molecular formula is C20H19FeN8O5. The van der Waals surface area contributed by atoms with Gasteiger partial charge in [0.2, 0.25) is 5.95 Å². The molecule has 0 aliphatic carbocycles. The number of carbonyl (C=O) groups is 2. The van der Waals surface area contributed by atoms with Crippen LogP contribution in [0.15, 0.2) is 35.5 Å². The number of carbonyl (C=O) groups excluding carboxylic acids is 2. The largest absolute Gasteiger partial charge is 3.00 e. The predicted octanol–water partition coefficient (Wildman–Crippen LogP) is -3.03. The molecule has 13 nitrogen and oxygen atoms in total. The molecule has 0 aliphatic heterocycles. The number of carboxylic acids is 2. The van der Waals surface area contributed by atoms with Crippen molar-refractivity contribution in [2.24, 2.45) is 4.99 Å². The third kappa shape index (κ3) is 6.49. The molecule has 2 heterocycles. The van der Waals surface area contributed by atoms with E-state index in [1.165, 1.54) is 18.3 Å². The van der Waals surface area contributed by atoms with Gasteiger partial charge in [0, 0.05) is 18.7 Å². The number of nitrogens with zero attached hydrogens (tertiary/aromatic N) is 6. The summed E-state index contributed by atoms with van der Waals surface area (Å²) in [4.78, 5) is 43.5. The number of carboxylic acid groups (broad SMARTS) is 2. The van der Waals surface area contributed by atoms with Crippen LogP contribution in [0.5, 0.6) is 0 Å². The Labute approximate surface area is 204 Å². The molecule has 1 radical (unpaired) electrons. The Morgan fingerprint density at radius 3 is 2.38 bits per heavy atom. The van der Waals surface area contributed by atoms with Crippen LogP contribution < -0.4 is 31.7 Å². The number of nitrogen functional groups attached to an aromatic ring is 2. The Hall–Kier alpha value is -4.03. The van der Waals surface area contributed by atoms with E-state index in [1.807, 2.05) is 4.90 Å². The molecule has 3 aromatic rings. The summed E-state index contributed by atoms with van der Waals surface area (Å²) in [5, 5.41) is 33.9. The van der Waals surface area contributed by atoms with Gasteiger partial charge in [-0.15, -0.1) is 0 Å². The topological polar surface area (TPSA) is 223 Å². The van der Waals surface area contributed by atoms with Crippen LogP contribution in [0, 0.1) is 0 Å². The van der Waals surface area contributed by atoms with Crippen molar-refractivity contribution in [3.63, 3.8) is 0 Å². The Morgan fingerprint density at radius 2 is 1.76 bits per heavy atom. The minimum atomic E-state index is -1.63. The van der Waals surface area contributed by atoms with Crippen LogP contribution >= 0.6 is 0 Å². The van der Waals surface area contributed by atoms with Crippen molar-refractivity contribution in [2.45, 2.75) is 25.4 Å². The van der Waals surface area contributed by atoms with Gasteiger partial charge < -0.3 is 41.3 Å². The first-order valence-electron chi connectivity index (χ1n) is 9.65. The molecule has 3 rings (SSSR count). The molecule has 0 unspecified atom stereocenters. The van der Waals surface area contributed by atoms with Crippen LogP contribution in [0.1, 0.15) is 24.1 Å². The van der Waals surface area contributed by atoms with E-state index in [1.54, 1.807) is 19.2 Å². The first-order valence-corrected chi connectivity index (χ1v) is 9.65. The van der Waals surface area contributed by atoms with Gasteiger partial charge in [-0.3, -0.25) is 4.99 Å². The van der Waals surface area contributed by atoms with E-state index in [0.717, 1.165) is 5.69 Å². The number of aromatic nitrogens is 4. The molecular weight excluding hydrogens is 488 g/mol. The SMILES string of the molecule is CN(Cc1cnc2nc(N)nc(N)c2n1)c1ccc(C([O-])=N[C@H](CCC(=O)[O-])C(=O)[O-])cc1.[Fe+3]. The fourth-order valence-electron chi connectivity index (χ4n) is 2.96. The van der Waals surface area contributed by atoms with Gasteiger partial charge in [0.15, 0.2) is 17.0 Å². The molecule has 0 saturated heterocycles. The number of aliphatic carboxylic acids is 2. The van der Waals surface area contributed by atoms with E-state index < -0.39 is 36.7 Å². The third-order valence-corrected chi connectivity index (χ3v) is 4.62. The Morgan fingerprint density at radius 1 is 1.09 bits per heavy atom. The molecule has 0 saturated carbocycles. The molecule has 0 amide bonds. The molecule has 1 aromatic carbocycles. The molecule has 0 spiro atoms. The third-order valence-electron chi connectivity index (χ3n) is 4.62. The van der Waals surface area contributed by atoms with Crippen LogP contribution in [0.4, 0.5) is 17.5 Å². The first kappa shape index (κ1) is 26.2. The Kier molecular flexibility index (Phi) is 8.64. The van der Waals surface area contributed by atoms with E-state index in [0.29, 0.717) is 17.8 Å². The zero-order valence-electron chi connectivity index (χ0n) is 17.8. The molecule has 0 fully saturated rings. The molecule has 0 bridgehead atoms. The molecule has 1 atom stereocenters. The second kappa shape index (κ2) is 11.2. The van der Waals surface area contributed by atoms with Gasteiger partial charge in [-0.2, -0.15) is 9.97 Å². The van der Waals surface area contributed by atoms with Crippen molar-refractivity contribution < 1.29 is 42.0 Å². The smallest absolute Gasteiger partial charge is 0.858 e. The van der Waals surface area contributed by atoms with E-state index in [2.05, 4.69) is 24.9 Å². The maximum Gasteiger partial charge on any atom is 3.00 e. The minimum Gasteiger partial charge on any atom is -0.858 e. The predicted molar refractivity (Wildman–Crippen MR) is 112 cm³/mol. The van der Waals surface area contributed by atoms with Gasteiger partial charge in [0.05, 0.1) is 30.4 Å². The molecule has 177 valence electrons. The summed E-state index contributed by atoms with van der Waals surface area (Å²) in [7, 11) is 1.79. The molecule has 2 aromatic heterocycles. The Bertz CT molecular complexity index is 1220. The minimum absolute atomic E-state index is 0. The summed E-state index contributed by atoms with van der Waals surface area (Å²) in [6.07, 6.45) is 0.586. The number of aliphatic imine (C=N–C) groups is 1. The fourth-order valence-corrected chi connectivity index (χ4v) is 2.96. The number of fused-ring (bicyclic) bond motifs is 1. The van der Waals surface area contributed by atoms with E-state index in [-0.39, 0.29) is 40.0 Å². The second-order valence-corrected chi connectivity index (χ2v) is 7.08. The maximum absolute atomic E-state index is 12.3. The monoisotopic (exact) mass is 507 g/mol. The van der Waals surface area contributed by atoms with Crippen molar-refractivity contribution in [1.29, 1.82) is 0 Å². The molecule has 0 aliphatic rings. The first-order chi connectivity index (χ1) is 15.6. The van der Waals surface area contributed by atoms with E-state index in [9.17, 15) is 24.9 Å². The summed E-state index contributed by atoms with van der Waals surface area (Å²) < 4.78 is 0. The van der Waals surface area contributed by atoms with Crippen molar-refractivity contribution in [2.75, 3.05) is 23.4 Å². The number of benzene rings is 1. The average molecular weight is 507 g/mol. The van der Waals surface area contributed by atoms with Crippen LogP contribution in [-0.4, -0.2) is 50.9 Å². The summed E-state index contributed by atoms with van der Waals surface area (Å²) in [5.41, 5.74) is 13.5. The zero-order valence-corrected chi connectivity index (χ0v) is 18.9. The Balaban J connectivity index is 0.00000408. The number of nitrogens with two attached hydrogens (primary N) is 2. The molecule has 4 N–H and O–H groups in total. The summed E-state index contributed by atoms with van der Waals surface area (Å²) in [5.74, 6) is -3.74. The fraction of sp³-hybridized carbons (Fsp3) is 0.250. The standard InChI is InChI=1S/C20H22N8O5.Fe/c1-28(9-11-8-23-17-15(24-11)16(21)26-20(22)27-17)12-4-2-10(3-5-12)18(31)25-13(19(32)33)6-7-14(29)30;/h2-5,8,13H,6-7,9H2,1H3,(H,25,31)(H,29,30)(H,32,33)(H4,21,22,23,26,27);/q;+3/p-3/t13-;/m1./s1. The van der Waals surface area contributed by atoms with Gasteiger partial charge in [0.1, 0.15) is 0 Å². The summed E-state index contributed by atoms with van der Waals surface area (Å²) in [6.45, 7) is 0.348. The van der Waals surface area contributed by atoms with Gasteiger partial charge >= 0.3 is 17.1 Å². The van der Waals surface area contributed by atoms with Crippen LogP contribution in [0.3, 0.4) is 0 Å². The number of hydrogen-bond donors (Lipinski definition) is 2. The van der Waals surface area contributed by atoms with Crippen LogP contribution in [-0.2, 0) is 33.2 Å². The summed E-state index contributed by atoms with van der Waals surface area (Å²) >= 11 is 0. The van der Waals surface area contributed by atoms with Gasteiger partial charge in [0.25, 0.3) is 0 Å². The van der Waals surface area contributed by atoms with Crippen molar-refractivity contribution in [1.82, 2.24) is 19.9 Å². The van der Waals surface area contributed by atoms with Crippen LogP contribution in [0.2, 0.25) is 0 Å². The van der Waals surface area contributed by atoms with Gasteiger partial charge in [-0.25, -0.2) is 9.97 Å². The van der Waals surface area contributed by atoms with E-state index >= 15 is 0 Å². The van der Waals surface area contributed by atoms with E-state index in [4.69, 9.17) is 11.5 Å². The van der Waals surface area contributed by atoms with Crippen LogP contribution in [0.25, 0.3) is 11.2 Å². The van der Waals surface area contributed by atoms with Gasteiger partial charge in [-0.1, -0.05) is 12.1 Å². The normalized spacial score (nSPS) is 12.1. The van der Waals surface area contributed by atoms with Crippen molar-refractivity contribution in [3.05, 3.63) is 41.7 Å². The van der Waals surface area contributed by atoms with Crippen molar-refractivity contribution >= 4 is 46.5 Å². The number of rotatable bonds is 9. The summed E-state index contributed by atoms with van der Waals surface area (Å²) in [6, 6.07) is 4.66. The number of hydrogen-bond acceptors (Lipinski definition) is 13. The molecule has 34 heavy (non-hydrogen) atoms. The molecule has 14 heteroatoms. The average Bonchev–Trinajstić information content (AvgIpc) is 2.76.